The zero-order chi connectivity index (χ0) is 10.3. The van der Waals surface area contributed by atoms with Crippen LogP contribution in [0.25, 0.3) is 0 Å². The highest BCUT2D eigenvalue weighted by atomic mass is 16.3. The summed E-state index contributed by atoms with van der Waals surface area (Å²) in [7, 11) is 0. The van der Waals surface area contributed by atoms with E-state index in [0.29, 0.717) is 6.04 Å². The summed E-state index contributed by atoms with van der Waals surface area (Å²) in [5.41, 5.74) is 0. The van der Waals surface area contributed by atoms with Gasteiger partial charge in [0, 0.05) is 12.1 Å². The second-order valence-corrected chi connectivity index (χ2v) is 5.91. The van der Waals surface area contributed by atoms with Gasteiger partial charge >= 0.3 is 0 Å². The van der Waals surface area contributed by atoms with E-state index < -0.39 is 0 Å². The summed E-state index contributed by atoms with van der Waals surface area (Å²) < 4.78 is 0. The van der Waals surface area contributed by atoms with Crippen LogP contribution in [0.15, 0.2) is 0 Å². The highest BCUT2D eigenvalue weighted by Gasteiger charge is 2.40. The lowest BCUT2D eigenvalue weighted by Crippen LogP contribution is -2.48. The van der Waals surface area contributed by atoms with Crippen molar-refractivity contribution in [2.24, 2.45) is 11.8 Å². The number of aliphatic hydroxyl groups is 1. The largest absolute Gasteiger partial charge is 0.392 e. The summed E-state index contributed by atoms with van der Waals surface area (Å²) in [4.78, 5) is 0. The number of rotatable bonds is 2. The van der Waals surface area contributed by atoms with E-state index in [1.165, 1.54) is 44.9 Å². The minimum Gasteiger partial charge on any atom is -0.392 e. The van der Waals surface area contributed by atoms with Crippen molar-refractivity contribution in [3.8, 4) is 0 Å². The summed E-state index contributed by atoms with van der Waals surface area (Å²) in [6.45, 7) is 0. The molecule has 86 valence electrons. The Morgan fingerprint density at radius 1 is 0.867 bits per heavy atom. The predicted molar refractivity (Wildman–Crippen MR) is 60.6 cm³/mol. The Balaban J connectivity index is 1.56. The van der Waals surface area contributed by atoms with E-state index in [4.69, 9.17) is 0 Å². The van der Waals surface area contributed by atoms with Crippen LogP contribution < -0.4 is 5.32 Å². The molecule has 0 aromatic carbocycles. The maximum atomic E-state index is 9.94. The maximum absolute atomic E-state index is 9.94. The third-order valence-electron chi connectivity index (χ3n) is 4.90. The number of hydrogen-bond donors (Lipinski definition) is 2. The van der Waals surface area contributed by atoms with Gasteiger partial charge in [-0.3, -0.25) is 0 Å². The molecule has 0 spiro atoms. The Kier molecular flexibility index (Phi) is 2.73. The first kappa shape index (κ1) is 10.1. The molecule has 0 aliphatic heterocycles. The normalized spacial score (nSPS) is 49.8. The first-order valence-corrected chi connectivity index (χ1v) is 6.77. The molecule has 2 nitrogen and oxygen atoms in total. The standard InChI is InChI=1S/C13H23NO/c15-13-4-2-1-3-11(13)14-12-8-9-5-6-10(12)7-9/h9-15H,1-8H2/t9-,10-,11-,12-,13-/m1/s1. The Bertz CT molecular complexity index is 231. The van der Waals surface area contributed by atoms with Gasteiger partial charge in [-0.15, -0.1) is 0 Å². The highest BCUT2D eigenvalue weighted by molar-refractivity contribution is 4.96. The van der Waals surface area contributed by atoms with Crippen molar-refractivity contribution in [3.05, 3.63) is 0 Å². The monoisotopic (exact) mass is 209 g/mol. The fraction of sp³-hybridized carbons (Fsp3) is 1.00. The van der Waals surface area contributed by atoms with Gasteiger partial charge in [0.25, 0.3) is 0 Å². The summed E-state index contributed by atoms with van der Waals surface area (Å²) in [5, 5.41) is 13.7. The van der Waals surface area contributed by atoms with Gasteiger partial charge in [0.1, 0.15) is 0 Å². The second-order valence-electron chi connectivity index (χ2n) is 5.91. The summed E-state index contributed by atoms with van der Waals surface area (Å²) in [6, 6.07) is 1.14. The number of hydrogen-bond acceptors (Lipinski definition) is 2. The minimum absolute atomic E-state index is 0.0714. The van der Waals surface area contributed by atoms with Crippen LogP contribution in [0, 0.1) is 11.8 Å². The zero-order valence-corrected chi connectivity index (χ0v) is 9.49. The Labute approximate surface area is 92.4 Å². The molecule has 2 N–H and O–H groups in total. The number of nitrogens with one attached hydrogen (secondary N) is 1. The predicted octanol–water partition coefficient (Wildman–Crippen LogP) is 2.07. The van der Waals surface area contributed by atoms with E-state index in [-0.39, 0.29) is 6.10 Å². The fourth-order valence-corrected chi connectivity index (χ4v) is 4.03. The van der Waals surface area contributed by atoms with Crippen LogP contribution in [0.5, 0.6) is 0 Å². The van der Waals surface area contributed by atoms with E-state index in [9.17, 15) is 5.11 Å². The SMILES string of the molecule is O[C@@H]1CCCC[C@H]1N[C@@H]1C[C@@H]2CC[C@@H]1C2. The van der Waals surface area contributed by atoms with Crippen LogP contribution in [0.3, 0.4) is 0 Å². The maximum Gasteiger partial charge on any atom is 0.0693 e. The van der Waals surface area contributed by atoms with Crippen LogP contribution in [-0.4, -0.2) is 23.3 Å². The van der Waals surface area contributed by atoms with Gasteiger partial charge in [0.05, 0.1) is 6.10 Å². The van der Waals surface area contributed by atoms with Crippen LogP contribution in [0.1, 0.15) is 51.4 Å². The van der Waals surface area contributed by atoms with Gasteiger partial charge in [-0.1, -0.05) is 19.3 Å². The molecule has 0 unspecified atom stereocenters. The molecule has 3 aliphatic rings. The third-order valence-corrected chi connectivity index (χ3v) is 4.90. The van der Waals surface area contributed by atoms with Crippen molar-refractivity contribution in [3.63, 3.8) is 0 Å². The molecule has 0 aromatic rings. The smallest absolute Gasteiger partial charge is 0.0693 e. The molecule has 0 radical (unpaired) electrons. The van der Waals surface area contributed by atoms with Gasteiger partial charge in [0.15, 0.2) is 0 Å². The molecule has 3 aliphatic carbocycles. The first-order valence-electron chi connectivity index (χ1n) is 6.77. The Hall–Kier alpha value is -0.0800. The van der Waals surface area contributed by atoms with Gasteiger partial charge in [-0.2, -0.15) is 0 Å². The molecule has 2 bridgehead atoms. The van der Waals surface area contributed by atoms with Crippen molar-refractivity contribution in [1.29, 1.82) is 0 Å². The molecule has 5 atom stereocenters. The Morgan fingerprint density at radius 2 is 1.73 bits per heavy atom. The molecular weight excluding hydrogens is 186 g/mol. The summed E-state index contributed by atoms with van der Waals surface area (Å²) >= 11 is 0. The second kappa shape index (κ2) is 4.06. The lowest BCUT2D eigenvalue weighted by molar-refractivity contribution is 0.0799. The topological polar surface area (TPSA) is 32.3 Å². The summed E-state index contributed by atoms with van der Waals surface area (Å²) in [5.74, 6) is 1.94. The van der Waals surface area contributed by atoms with Crippen molar-refractivity contribution < 1.29 is 5.11 Å². The van der Waals surface area contributed by atoms with E-state index in [1.807, 2.05) is 0 Å². The van der Waals surface area contributed by atoms with E-state index >= 15 is 0 Å². The molecule has 3 saturated carbocycles. The van der Waals surface area contributed by atoms with E-state index in [1.54, 1.807) is 0 Å². The molecule has 2 heteroatoms. The lowest BCUT2D eigenvalue weighted by Gasteiger charge is -2.34. The van der Waals surface area contributed by atoms with Gasteiger partial charge in [-0.05, 0) is 43.9 Å². The van der Waals surface area contributed by atoms with Crippen molar-refractivity contribution >= 4 is 0 Å². The van der Waals surface area contributed by atoms with Crippen LogP contribution in [0.4, 0.5) is 0 Å². The van der Waals surface area contributed by atoms with Crippen LogP contribution in [0.2, 0.25) is 0 Å². The summed E-state index contributed by atoms with van der Waals surface area (Å²) in [6.07, 6.45) is 10.4. The van der Waals surface area contributed by atoms with Crippen LogP contribution in [-0.2, 0) is 0 Å². The molecule has 3 rings (SSSR count). The quantitative estimate of drug-likeness (QED) is 0.729. The minimum atomic E-state index is -0.0714. The van der Waals surface area contributed by atoms with E-state index in [2.05, 4.69) is 5.32 Å². The van der Waals surface area contributed by atoms with Crippen molar-refractivity contribution in [1.82, 2.24) is 5.32 Å². The molecule has 3 fully saturated rings. The molecule has 0 saturated heterocycles. The lowest BCUT2D eigenvalue weighted by atomic mass is 9.89. The molecular formula is C13H23NO. The van der Waals surface area contributed by atoms with Crippen molar-refractivity contribution in [2.75, 3.05) is 0 Å². The number of fused-ring (bicyclic) bond motifs is 2. The Morgan fingerprint density at radius 3 is 2.40 bits per heavy atom. The van der Waals surface area contributed by atoms with Gasteiger partial charge in [0.2, 0.25) is 0 Å². The zero-order valence-electron chi connectivity index (χ0n) is 9.49. The molecule has 0 heterocycles. The average molecular weight is 209 g/mol. The number of aliphatic hydroxyl groups excluding tert-OH is 1. The van der Waals surface area contributed by atoms with Gasteiger partial charge < -0.3 is 10.4 Å². The van der Waals surface area contributed by atoms with Gasteiger partial charge in [-0.25, -0.2) is 0 Å². The van der Waals surface area contributed by atoms with Crippen molar-refractivity contribution in [2.45, 2.75) is 69.6 Å². The fourth-order valence-electron chi connectivity index (χ4n) is 4.03. The van der Waals surface area contributed by atoms with Crippen LogP contribution >= 0.6 is 0 Å². The highest BCUT2D eigenvalue weighted by Crippen LogP contribution is 2.44. The molecule has 0 aromatic heterocycles. The third kappa shape index (κ3) is 1.94. The first-order chi connectivity index (χ1) is 7.33. The molecule has 0 amide bonds. The van der Waals surface area contributed by atoms with E-state index in [0.717, 1.165) is 24.3 Å². The average Bonchev–Trinajstić information content (AvgIpc) is 2.83. The molecule has 15 heavy (non-hydrogen) atoms.